The molecule has 7 heteroatoms. The summed E-state index contributed by atoms with van der Waals surface area (Å²) in [7, 11) is 1.47. The lowest BCUT2D eigenvalue weighted by atomic mass is 9.84. The molecule has 1 aromatic carbocycles. The van der Waals surface area contributed by atoms with Crippen LogP contribution >= 0.6 is 0 Å². The summed E-state index contributed by atoms with van der Waals surface area (Å²) < 4.78 is 30.2. The molecular weight excluding hydrogens is 365 g/mol. The van der Waals surface area contributed by atoms with Gasteiger partial charge >= 0.3 is 12.1 Å². The quantitative estimate of drug-likeness (QED) is 0.690. The third kappa shape index (κ3) is 7.02. The second-order valence-corrected chi connectivity index (χ2v) is 8.17. The van der Waals surface area contributed by atoms with E-state index in [1.54, 1.807) is 39.8 Å². The van der Waals surface area contributed by atoms with Crippen molar-refractivity contribution < 1.29 is 28.2 Å². The van der Waals surface area contributed by atoms with Gasteiger partial charge in [-0.1, -0.05) is 19.9 Å². The SMILES string of the molecule is COc1ccc([C@H](C(C)C)[C@H](C)OC(=O)[C@H](C)NC(=O)OC(C)(C)C)c(F)c1. The van der Waals surface area contributed by atoms with Crippen molar-refractivity contribution >= 4 is 12.1 Å². The summed E-state index contributed by atoms with van der Waals surface area (Å²) in [6, 6.07) is 3.73. The van der Waals surface area contributed by atoms with E-state index in [1.165, 1.54) is 20.1 Å². The van der Waals surface area contributed by atoms with Crippen LogP contribution in [0.5, 0.6) is 5.75 Å². The van der Waals surface area contributed by atoms with Crippen molar-refractivity contribution in [3.8, 4) is 5.75 Å². The summed E-state index contributed by atoms with van der Waals surface area (Å²) in [5, 5.41) is 2.45. The molecule has 28 heavy (non-hydrogen) atoms. The Kier molecular flexibility index (Phi) is 8.27. The van der Waals surface area contributed by atoms with Gasteiger partial charge in [0, 0.05) is 12.0 Å². The molecule has 1 aromatic rings. The summed E-state index contributed by atoms with van der Waals surface area (Å²) in [6.07, 6.45) is -1.30. The van der Waals surface area contributed by atoms with E-state index in [2.05, 4.69) is 5.32 Å². The van der Waals surface area contributed by atoms with E-state index < -0.39 is 35.6 Å². The Bertz CT molecular complexity index is 684. The van der Waals surface area contributed by atoms with E-state index in [4.69, 9.17) is 14.2 Å². The number of methoxy groups -OCH3 is 1. The van der Waals surface area contributed by atoms with Gasteiger partial charge in [-0.3, -0.25) is 0 Å². The van der Waals surface area contributed by atoms with Gasteiger partial charge in [0.15, 0.2) is 0 Å². The maximum absolute atomic E-state index is 14.5. The predicted molar refractivity (Wildman–Crippen MR) is 105 cm³/mol. The molecule has 0 aliphatic rings. The monoisotopic (exact) mass is 397 g/mol. The van der Waals surface area contributed by atoms with Crippen LogP contribution < -0.4 is 10.1 Å². The molecule has 1 rings (SSSR count). The first-order chi connectivity index (χ1) is 12.9. The number of rotatable bonds is 7. The minimum absolute atomic E-state index is 0.0137. The highest BCUT2D eigenvalue weighted by Crippen LogP contribution is 2.33. The third-order valence-corrected chi connectivity index (χ3v) is 4.18. The highest BCUT2D eigenvalue weighted by molar-refractivity contribution is 5.81. The van der Waals surface area contributed by atoms with Crippen LogP contribution in [-0.4, -0.2) is 36.9 Å². The maximum atomic E-state index is 14.5. The fourth-order valence-corrected chi connectivity index (χ4v) is 2.96. The zero-order valence-electron chi connectivity index (χ0n) is 18.0. The number of hydrogen-bond donors (Lipinski definition) is 1. The first-order valence-corrected chi connectivity index (χ1v) is 9.39. The minimum atomic E-state index is -0.897. The van der Waals surface area contributed by atoms with Crippen LogP contribution in [0.3, 0.4) is 0 Å². The van der Waals surface area contributed by atoms with Gasteiger partial charge in [0.2, 0.25) is 0 Å². The Morgan fingerprint density at radius 3 is 2.18 bits per heavy atom. The molecular formula is C21H32FNO5. The van der Waals surface area contributed by atoms with Crippen LogP contribution in [0.15, 0.2) is 18.2 Å². The van der Waals surface area contributed by atoms with Gasteiger partial charge in [-0.15, -0.1) is 0 Å². The van der Waals surface area contributed by atoms with Crippen LogP contribution in [0.2, 0.25) is 0 Å². The normalized spacial score (nSPS) is 14.8. The lowest BCUT2D eigenvalue weighted by molar-refractivity contribution is -0.152. The summed E-state index contributed by atoms with van der Waals surface area (Å²) in [5.41, 5.74) is -0.223. The van der Waals surface area contributed by atoms with Crippen molar-refractivity contribution in [3.63, 3.8) is 0 Å². The topological polar surface area (TPSA) is 73.9 Å². The number of amides is 1. The number of ether oxygens (including phenoxy) is 3. The van der Waals surface area contributed by atoms with E-state index in [-0.39, 0.29) is 11.8 Å². The van der Waals surface area contributed by atoms with E-state index in [1.807, 2.05) is 13.8 Å². The molecule has 158 valence electrons. The number of carbonyl (C=O) groups excluding carboxylic acids is 2. The van der Waals surface area contributed by atoms with Crippen molar-refractivity contribution in [1.82, 2.24) is 5.32 Å². The molecule has 0 unspecified atom stereocenters. The zero-order chi connectivity index (χ0) is 21.6. The molecule has 0 aromatic heterocycles. The number of benzene rings is 1. The molecule has 0 saturated carbocycles. The standard InChI is InChI=1S/C21H32FNO5/c1-12(2)18(16-10-9-15(26-8)11-17(16)22)14(4)27-19(24)13(3)23-20(25)28-21(5,6)7/h9-14,18H,1-8H3,(H,23,25)/t13-,14-,18+/m0/s1. The van der Waals surface area contributed by atoms with Crippen molar-refractivity contribution in [3.05, 3.63) is 29.6 Å². The second kappa shape index (κ2) is 9.75. The van der Waals surface area contributed by atoms with E-state index in [0.29, 0.717) is 11.3 Å². The first kappa shape index (κ1) is 23.7. The van der Waals surface area contributed by atoms with E-state index >= 15 is 0 Å². The highest BCUT2D eigenvalue weighted by Gasteiger charge is 2.30. The van der Waals surface area contributed by atoms with Gasteiger partial charge in [-0.2, -0.15) is 0 Å². The van der Waals surface area contributed by atoms with Gasteiger partial charge < -0.3 is 19.5 Å². The number of hydrogen-bond acceptors (Lipinski definition) is 5. The third-order valence-electron chi connectivity index (χ3n) is 4.18. The van der Waals surface area contributed by atoms with Crippen molar-refractivity contribution in [1.29, 1.82) is 0 Å². The molecule has 0 aliphatic heterocycles. The number of carbonyl (C=O) groups is 2. The van der Waals surface area contributed by atoms with Crippen molar-refractivity contribution in [2.24, 2.45) is 5.92 Å². The molecule has 0 aliphatic carbocycles. The van der Waals surface area contributed by atoms with Crippen LogP contribution in [0.25, 0.3) is 0 Å². The smallest absolute Gasteiger partial charge is 0.408 e. The molecule has 0 radical (unpaired) electrons. The molecule has 0 bridgehead atoms. The van der Waals surface area contributed by atoms with E-state index in [0.717, 1.165) is 0 Å². The fourth-order valence-electron chi connectivity index (χ4n) is 2.96. The lowest BCUT2D eigenvalue weighted by Gasteiger charge is -2.29. The minimum Gasteiger partial charge on any atom is -0.497 e. The Morgan fingerprint density at radius 1 is 1.11 bits per heavy atom. The first-order valence-electron chi connectivity index (χ1n) is 9.39. The van der Waals surface area contributed by atoms with Gasteiger partial charge in [0.1, 0.15) is 29.3 Å². The van der Waals surface area contributed by atoms with Crippen LogP contribution in [0, 0.1) is 11.7 Å². The van der Waals surface area contributed by atoms with E-state index in [9.17, 15) is 14.0 Å². The molecule has 0 spiro atoms. The van der Waals surface area contributed by atoms with Crippen LogP contribution in [-0.2, 0) is 14.3 Å². The Labute approximate surface area is 166 Å². The average molecular weight is 397 g/mol. The van der Waals surface area contributed by atoms with Crippen molar-refractivity contribution in [2.45, 2.75) is 72.1 Å². The predicted octanol–water partition coefficient (Wildman–Crippen LogP) is 4.42. The largest absolute Gasteiger partial charge is 0.497 e. The highest BCUT2D eigenvalue weighted by atomic mass is 19.1. The number of alkyl carbamates (subject to hydrolysis) is 1. The summed E-state index contributed by atoms with van der Waals surface area (Å²) in [5.74, 6) is -0.953. The molecule has 0 fully saturated rings. The summed E-state index contributed by atoms with van der Waals surface area (Å²) >= 11 is 0. The zero-order valence-corrected chi connectivity index (χ0v) is 18.0. The average Bonchev–Trinajstić information content (AvgIpc) is 2.54. The Morgan fingerprint density at radius 2 is 1.71 bits per heavy atom. The van der Waals surface area contributed by atoms with Gasteiger partial charge in [-0.05, 0) is 52.2 Å². The molecule has 3 atom stereocenters. The Balaban J connectivity index is 2.85. The second-order valence-electron chi connectivity index (χ2n) is 8.17. The van der Waals surface area contributed by atoms with Crippen LogP contribution in [0.4, 0.5) is 9.18 Å². The molecule has 6 nitrogen and oxygen atoms in total. The molecule has 0 saturated heterocycles. The van der Waals surface area contributed by atoms with Crippen LogP contribution in [0.1, 0.15) is 59.9 Å². The molecule has 1 N–H and O–H groups in total. The van der Waals surface area contributed by atoms with Gasteiger partial charge in [0.25, 0.3) is 0 Å². The number of halogens is 1. The summed E-state index contributed by atoms with van der Waals surface area (Å²) in [6.45, 7) is 12.3. The van der Waals surface area contributed by atoms with Crippen molar-refractivity contribution in [2.75, 3.05) is 7.11 Å². The summed E-state index contributed by atoms with van der Waals surface area (Å²) in [4.78, 5) is 24.2. The lowest BCUT2D eigenvalue weighted by Crippen LogP contribution is -2.43. The van der Waals surface area contributed by atoms with Gasteiger partial charge in [-0.25, -0.2) is 14.0 Å². The maximum Gasteiger partial charge on any atom is 0.408 e. The molecule has 0 heterocycles. The number of nitrogens with one attached hydrogen (secondary N) is 1. The van der Waals surface area contributed by atoms with Gasteiger partial charge in [0.05, 0.1) is 7.11 Å². The Hall–Kier alpha value is -2.31. The molecule has 1 amide bonds. The number of esters is 1. The fraction of sp³-hybridized carbons (Fsp3) is 0.619.